The van der Waals surface area contributed by atoms with Gasteiger partial charge in [0.2, 0.25) is 0 Å². The Labute approximate surface area is 88.3 Å². The van der Waals surface area contributed by atoms with Gasteiger partial charge in [-0.1, -0.05) is 45.9 Å². The highest BCUT2D eigenvalue weighted by atomic mass is 14.8. The van der Waals surface area contributed by atoms with Crippen molar-refractivity contribution in [2.24, 2.45) is 0 Å². The number of anilines is 1. The van der Waals surface area contributed by atoms with Gasteiger partial charge in [-0.15, -0.1) is 0 Å². The summed E-state index contributed by atoms with van der Waals surface area (Å²) in [7, 11) is 0.222. The molecule has 1 aromatic carbocycles. The molecule has 0 atom stereocenters. The molecule has 1 aromatic rings. The highest BCUT2D eigenvalue weighted by Gasteiger charge is 2.09. The van der Waals surface area contributed by atoms with Crippen LogP contribution in [0.25, 0.3) is 0 Å². The van der Waals surface area contributed by atoms with E-state index >= 15 is 0 Å². The average Bonchev–Trinajstić information content (AvgIpc) is 2.16. The second-order valence-electron chi connectivity index (χ2n) is 4.12. The molecule has 0 aliphatic heterocycles. The lowest BCUT2D eigenvalue weighted by molar-refractivity contribution is 0.839. The van der Waals surface area contributed by atoms with Crippen LogP contribution in [-0.4, -0.2) is 7.98 Å². The van der Waals surface area contributed by atoms with Crippen molar-refractivity contribution in [2.75, 3.05) is 5.23 Å². The van der Waals surface area contributed by atoms with E-state index in [1.807, 2.05) is 0 Å². The van der Waals surface area contributed by atoms with E-state index in [4.69, 9.17) is 0 Å². The monoisotopic (exact) mass is 190 g/mol. The van der Waals surface area contributed by atoms with Crippen molar-refractivity contribution >= 4 is 13.7 Å². The van der Waals surface area contributed by atoms with Crippen molar-refractivity contribution in [1.82, 2.24) is 0 Å². The molecule has 0 heterocycles. The highest BCUT2D eigenvalue weighted by Crippen LogP contribution is 2.31. The molecule has 0 spiro atoms. The van der Waals surface area contributed by atoms with Gasteiger partial charge >= 0.3 is 0 Å². The van der Waals surface area contributed by atoms with Crippen LogP contribution in [-0.2, 0) is 0 Å². The Bertz CT molecular complexity index is 279. The Hall–Kier alpha value is -0.915. The van der Waals surface area contributed by atoms with Gasteiger partial charge in [0, 0.05) is 13.7 Å². The van der Waals surface area contributed by atoms with E-state index in [9.17, 15) is 0 Å². The molecule has 1 nitrogen and oxygen atoms in total. The maximum absolute atomic E-state index is 3.58. The van der Waals surface area contributed by atoms with Gasteiger partial charge < -0.3 is 5.23 Å². The number of para-hydroxylation sites is 1. The van der Waals surface area contributed by atoms with Gasteiger partial charge in [0.15, 0.2) is 0 Å². The van der Waals surface area contributed by atoms with E-state index in [0.29, 0.717) is 11.8 Å². The van der Waals surface area contributed by atoms with Crippen molar-refractivity contribution in [3.63, 3.8) is 0 Å². The van der Waals surface area contributed by atoms with E-state index < -0.39 is 0 Å². The van der Waals surface area contributed by atoms with Crippen molar-refractivity contribution in [2.45, 2.75) is 39.5 Å². The number of benzene rings is 1. The molecule has 1 N–H and O–H groups in total. The fraction of sp³-hybridized carbons (Fsp3) is 0.500. The molecule has 0 radical (unpaired) electrons. The third-order valence-electron chi connectivity index (χ3n) is 2.37. The zero-order chi connectivity index (χ0) is 10.7. The third kappa shape index (κ3) is 2.12. The zero-order valence-electron chi connectivity index (χ0n) is 8.89. The van der Waals surface area contributed by atoms with Gasteiger partial charge in [0.05, 0.1) is 0 Å². The molecular formula is C12H21BN-. The van der Waals surface area contributed by atoms with Gasteiger partial charge in [-0.2, -0.15) is 0 Å². The highest BCUT2D eigenvalue weighted by molar-refractivity contribution is 6.16. The Balaban J connectivity index is 3.25. The smallest absolute Gasteiger partial charge is 0.0376 e. The van der Waals surface area contributed by atoms with Crippen LogP contribution in [0.2, 0.25) is 0 Å². The molecule has 0 aliphatic carbocycles. The van der Waals surface area contributed by atoms with E-state index in [1.165, 1.54) is 16.8 Å². The summed E-state index contributed by atoms with van der Waals surface area (Å²) in [5.41, 5.74) is 4.38. The summed E-state index contributed by atoms with van der Waals surface area (Å²) in [5.74, 6) is 1.24. The number of nitrogens with one attached hydrogen (secondary N) is 1. The molecule has 0 saturated carbocycles. The third-order valence-corrected chi connectivity index (χ3v) is 2.37. The van der Waals surface area contributed by atoms with Crippen LogP contribution in [0.15, 0.2) is 18.2 Å². The lowest BCUT2D eigenvalue weighted by atomic mass is 9.92. The summed E-state index contributed by atoms with van der Waals surface area (Å²) < 4.78 is 0. The van der Waals surface area contributed by atoms with Gasteiger partial charge in [-0.05, 0) is 23.0 Å². The molecule has 2 heteroatoms. The summed E-state index contributed by atoms with van der Waals surface area (Å²) in [5, 5.41) is 3.58. The lowest BCUT2D eigenvalue weighted by Gasteiger charge is -2.21. The molecule has 0 amide bonds. The summed E-state index contributed by atoms with van der Waals surface area (Å²) in [6, 6.07) is 6.69. The molecule has 0 aromatic heterocycles. The molecule has 1 rings (SSSR count). The average molecular weight is 190 g/mol. The summed E-state index contributed by atoms with van der Waals surface area (Å²) in [6.07, 6.45) is 0. The Morgan fingerprint density at radius 3 is 1.71 bits per heavy atom. The largest absolute Gasteiger partial charge is 0.566 e. The maximum Gasteiger partial charge on any atom is 0.0376 e. The van der Waals surface area contributed by atoms with Crippen LogP contribution in [0.5, 0.6) is 0 Å². The van der Waals surface area contributed by atoms with Gasteiger partial charge in [-0.3, -0.25) is 0 Å². The van der Waals surface area contributed by atoms with Gasteiger partial charge in [0.25, 0.3) is 0 Å². The van der Waals surface area contributed by atoms with Crippen LogP contribution in [0, 0.1) is 0 Å². The van der Waals surface area contributed by atoms with Crippen LogP contribution < -0.4 is 5.23 Å². The minimum atomic E-state index is 0.222. The first-order valence-corrected chi connectivity index (χ1v) is 4.88. The first-order chi connectivity index (χ1) is 6.57. The SMILES string of the molecule is [BH3-]Nc1c(C(C)C)cccc1C(C)C. The molecule has 0 unspecified atom stereocenters. The second-order valence-corrected chi connectivity index (χ2v) is 4.12. The molecule has 14 heavy (non-hydrogen) atoms. The van der Waals surface area contributed by atoms with Gasteiger partial charge in [-0.25, -0.2) is 0 Å². The Morgan fingerprint density at radius 2 is 1.43 bits per heavy atom. The van der Waals surface area contributed by atoms with Crippen LogP contribution in [0.3, 0.4) is 0 Å². The van der Waals surface area contributed by atoms with Gasteiger partial charge in [0.1, 0.15) is 0 Å². The standard InChI is InChI=1S/C12H21BN/c1-8(2)10-6-5-7-11(9(3)4)12(10)14-13/h5-9,14H,1-4,13H3/q-1. The Kier molecular flexibility index (Phi) is 3.62. The van der Waals surface area contributed by atoms with Crippen molar-refractivity contribution in [1.29, 1.82) is 0 Å². The second kappa shape index (κ2) is 4.54. The lowest BCUT2D eigenvalue weighted by Crippen LogP contribution is -2.04. The molecule has 0 saturated heterocycles. The first-order valence-electron chi connectivity index (χ1n) is 4.88. The van der Waals surface area contributed by atoms with Crippen molar-refractivity contribution < 1.29 is 0 Å². The first kappa shape index (κ1) is 11.2. The zero-order valence-corrected chi connectivity index (χ0v) is 8.89. The molecular weight excluding hydrogens is 169 g/mol. The molecule has 0 fully saturated rings. The van der Waals surface area contributed by atoms with Crippen LogP contribution in [0.1, 0.15) is 50.7 Å². The van der Waals surface area contributed by atoms with E-state index in [-0.39, 0.29) is 7.98 Å². The van der Waals surface area contributed by atoms with Crippen molar-refractivity contribution in [3.8, 4) is 0 Å². The fourth-order valence-corrected chi connectivity index (χ4v) is 1.55. The Morgan fingerprint density at radius 1 is 1.00 bits per heavy atom. The fourth-order valence-electron chi connectivity index (χ4n) is 1.55. The predicted octanol–water partition coefficient (Wildman–Crippen LogP) is 2.63. The van der Waals surface area contributed by atoms with Crippen LogP contribution >= 0.6 is 0 Å². The normalized spacial score (nSPS) is 11.1. The van der Waals surface area contributed by atoms with E-state index in [0.717, 1.165) is 0 Å². The topological polar surface area (TPSA) is 12.0 Å². The molecule has 0 aliphatic rings. The number of hydrogen-bond acceptors (Lipinski definition) is 1. The van der Waals surface area contributed by atoms with Crippen molar-refractivity contribution in [3.05, 3.63) is 29.3 Å². The van der Waals surface area contributed by atoms with Crippen LogP contribution in [0.4, 0.5) is 5.69 Å². The quantitative estimate of drug-likeness (QED) is 0.722. The number of rotatable bonds is 3. The molecule has 0 bridgehead atoms. The maximum atomic E-state index is 3.58. The minimum Gasteiger partial charge on any atom is -0.566 e. The van der Waals surface area contributed by atoms with E-state index in [1.54, 1.807) is 0 Å². The summed E-state index contributed by atoms with van der Waals surface area (Å²) in [4.78, 5) is 0. The summed E-state index contributed by atoms with van der Waals surface area (Å²) in [6.45, 7) is 9.06. The predicted molar refractivity (Wildman–Crippen MR) is 68.2 cm³/mol. The molecule has 78 valence electrons. The number of hydrogen-bond donors (Lipinski definition) is 1. The minimum absolute atomic E-state index is 0.222. The van der Waals surface area contributed by atoms with E-state index in [2.05, 4.69) is 51.1 Å². The summed E-state index contributed by atoms with van der Waals surface area (Å²) >= 11 is 0.